The second-order valence-corrected chi connectivity index (χ2v) is 6.98. The summed E-state index contributed by atoms with van der Waals surface area (Å²) in [5.41, 5.74) is 0.0658. The summed E-state index contributed by atoms with van der Waals surface area (Å²) < 4.78 is 7.29. The molecule has 0 atom stereocenters. The molecule has 1 fully saturated rings. The summed E-state index contributed by atoms with van der Waals surface area (Å²) in [4.78, 5) is 18.4. The van der Waals surface area contributed by atoms with Crippen LogP contribution in [0.2, 0.25) is 0 Å². The number of oxazole rings is 1. The van der Waals surface area contributed by atoms with Crippen molar-refractivity contribution in [3.63, 3.8) is 0 Å². The van der Waals surface area contributed by atoms with Crippen LogP contribution in [-0.2, 0) is 16.9 Å². The van der Waals surface area contributed by atoms with E-state index in [2.05, 4.69) is 20.7 Å². The highest BCUT2D eigenvalue weighted by Crippen LogP contribution is 2.27. The molecule has 7 nitrogen and oxygen atoms in total. The van der Waals surface area contributed by atoms with E-state index in [4.69, 9.17) is 4.42 Å². The summed E-state index contributed by atoms with van der Waals surface area (Å²) in [6.45, 7) is 1.92. The number of nitrogens with zero attached hydrogens (tertiary/aromatic N) is 3. The minimum Gasteiger partial charge on any atom is -0.443 e. The Bertz CT molecular complexity index is 825. The SMILES string of the molecule is Cl.O=C(NCc1coc(-c2cccs2)n1)C1(n2cccn2)CCNCC1. The summed E-state index contributed by atoms with van der Waals surface area (Å²) in [6, 6.07) is 5.76. The van der Waals surface area contributed by atoms with Crippen molar-refractivity contribution in [2.45, 2.75) is 24.9 Å². The van der Waals surface area contributed by atoms with Crippen LogP contribution in [-0.4, -0.2) is 33.8 Å². The van der Waals surface area contributed by atoms with Gasteiger partial charge in [0.25, 0.3) is 0 Å². The van der Waals surface area contributed by atoms with Gasteiger partial charge in [-0.3, -0.25) is 9.48 Å². The zero-order chi connectivity index (χ0) is 17.1. The van der Waals surface area contributed by atoms with Gasteiger partial charge in [0.15, 0.2) is 0 Å². The topological polar surface area (TPSA) is 85.0 Å². The number of carbonyl (C=O) groups excluding carboxylic acids is 1. The molecule has 0 radical (unpaired) electrons. The lowest BCUT2D eigenvalue weighted by Crippen LogP contribution is -2.54. The number of hydrogen-bond donors (Lipinski definition) is 2. The number of hydrogen-bond acceptors (Lipinski definition) is 6. The number of amides is 1. The lowest BCUT2D eigenvalue weighted by molar-refractivity contribution is -0.132. The number of nitrogens with one attached hydrogen (secondary N) is 2. The van der Waals surface area contributed by atoms with E-state index in [1.165, 1.54) is 0 Å². The Balaban J connectivity index is 0.00000196. The van der Waals surface area contributed by atoms with Crippen molar-refractivity contribution in [2.75, 3.05) is 13.1 Å². The second kappa shape index (κ2) is 8.03. The fraction of sp³-hybridized carbons (Fsp3) is 0.353. The van der Waals surface area contributed by atoms with E-state index in [-0.39, 0.29) is 18.3 Å². The van der Waals surface area contributed by atoms with Crippen LogP contribution in [0.3, 0.4) is 0 Å². The fourth-order valence-corrected chi connectivity index (χ4v) is 3.81. The Morgan fingerprint density at radius 3 is 2.92 bits per heavy atom. The van der Waals surface area contributed by atoms with Crippen LogP contribution < -0.4 is 10.6 Å². The van der Waals surface area contributed by atoms with Crippen molar-refractivity contribution in [1.82, 2.24) is 25.4 Å². The van der Waals surface area contributed by atoms with Gasteiger partial charge in [0.05, 0.1) is 17.1 Å². The lowest BCUT2D eigenvalue weighted by atomic mass is 9.87. The molecule has 1 aliphatic heterocycles. The molecule has 9 heteroatoms. The predicted octanol–water partition coefficient (Wildman–Crippen LogP) is 2.42. The third kappa shape index (κ3) is 3.53. The Hall–Kier alpha value is -2.16. The Labute approximate surface area is 161 Å². The summed E-state index contributed by atoms with van der Waals surface area (Å²) in [5.74, 6) is 0.557. The largest absolute Gasteiger partial charge is 0.443 e. The van der Waals surface area contributed by atoms with Crippen LogP contribution in [0.1, 0.15) is 18.5 Å². The molecule has 1 saturated heterocycles. The van der Waals surface area contributed by atoms with Crippen molar-refractivity contribution in [1.29, 1.82) is 0 Å². The number of rotatable bonds is 5. The molecule has 26 heavy (non-hydrogen) atoms. The molecule has 0 bridgehead atoms. The molecule has 0 unspecified atom stereocenters. The minimum absolute atomic E-state index is 0. The van der Waals surface area contributed by atoms with Crippen molar-refractivity contribution in [2.24, 2.45) is 0 Å². The molecule has 4 rings (SSSR count). The Morgan fingerprint density at radius 2 is 2.23 bits per heavy atom. The maximum atomic E-state index is 13.0. The quantitative estimate of drug-likeness (QED) is 0.695. The molecular weight excluding hydrogens is 374 g/mol. The molecule has 3 aromatic heterocycles. The molecule has 1 amide bonds. The first-order valence-corrected chi connectivity index (χ1v) is 9.13. The highest BCUT2D eigenvalue weighted by Gasteiger charge is 2.41. The third-order valence-corrected chi connectivity index (χ3v) is 5.37. The van der Waals surface area contributed by atoms with Crippen LogP contribution >= 0.6 is 23.7 Å². The van der Waals surface area contributed by atoms with Gasteiger partial charge in [-0.05, 0) is 43.4 Å². The van der Waals surface area contributed by atoms with Crippen LogP contribution in [0.15, 0.2) is 46.7 Å². The van der Waals surface area contributed by atoms with E-state index >= 15 is 0 Å². The summed E-state index contributed by atoms with van der Waals surface area (Å²) >= 11 is 1.57. The highest BCUT2D eigenvalue weighted by molar-refractivity contribution is 7.13. The van der Waals surface area contributed by atoms with Crippen molar-refractivity contribution < 1.29 is 9.21 Å². The van der Waals surface area contributed by atoms with Gasteiger partial charge in [0.1, 0.15) is 11.8 Å². The maximum Gasteiger partial charge on any atom is 0.248 e. The van der Waals surface area contributed by atoms with Crippen molar-refractivity contribution >= 4 is 29.7 Å². The minimum atomic E-state index is -0.644. The summed E-state index contributed by atoms with van der Waals surface area (Å²) in [7, 11) is 0. The monoisotopic (exact) mass is 393 g/mol. The fourth-order valence-electron chi connectivity index (χ4n) is 3.16. The van der Waals surface area contributed by atoms with Gasteiger partial charge in [-0.1, -0.05) is 6.07 Å². The second-order valence-electron chi connectivity index (χ2n) is 6.04. The molecule has 3 aromatic rings. The van der Waals surface area contributed by atoms with E-state index in [0.717, 1.165) is 18.0 Å². The number of thiophene rings is 1. The zero-order valence-electron chi connectivity index (χ0n) is 14.1. The molecule has 0 aromatic carbocycles. The molecule has 2 N–H and O–H groups in total. The molecule has 0 spiro atoms. The number of carbonyl (C=O) groups is 1. The number of piperidine rings is 1. The van der Waals surface area contributed by atoms with E-state index < -0.39 is 5.54 Å². The van der Waals surface area contributed by atoms with E-state index in [1.54, 1.807) is 28.5 Å². The van der Waals surface area contributed by atoms with Crippen molar-refractivity contribution in [3.05, 3.63) is 47.9 Å². The van der Waals surface area contributed by atoms with Gasteiger partial charge in [-0.2, -0.15) is 5.10 Å². The third-order valence-electron chi connectivity index (χ3n) is 4.51. The average Bonchev–Trinajstić information content (AvgIpc) is 3.42. The van der Waals surface area contributed by atoms with Crippen molar-refractivity contribution in [3.8, 4) is 10.8 Å². The summed E-state index contributed by atoms with van der Waals surface area (Å²) in [5, 5.41) is 12.6. The maximum absolute atomic E-state index is 13.0. The van der Waals surface area contributed by atoms with Crippen LogP contribution in [0, 0.1) is 0 Å². The van der Waals surface area contributed by atoms with E-state index in [0.29, 0.717) is 31.0 Å². The van der Waals surface area contributed by atoms with Gasteiger partial charge >= 0.3 is 0 Å². The lowest BCUT2D eigenvalue weighted by Gasteiger charge is -2.36. The normalized spacial score (nSPS) is 16.0. The molecule has 0 aliphatic carbocycles. The first-order chi connectivity index (χ1) is 12.3. The molecular formula is C17H20ClN5O2S. The molecule has 138 valence electrons. The first-order valence-electron chi connectivity index (χ1n) is 8.25. The zero-order valence-corrected chi connectivity index (χ0v) is 15.7. The standard InChI is InChI=1S/C17H19N5O2S.ClH/c23-16(17(4-7-18-8-5-17)22-9-2-6-20-22)19-11-13-12-24-15(21-13)14-3-1-10-25-14;/h1-3,6,9-10,12,18H,4-5,7-8,11H2,(H,19,23);1H. The smallest absolute Gasteiger partial charge is 0.248 e. The van der Waals surface area contributed by atoms with Gasteiger partial charge in [-0.25, -0.2) is 4.98 Å². The summed E-state index contributed by atoms with van der Waals surface area (Å²) in [6.07, 6.45) is 6.58. The van der Waals surface area contributed by atoms with Crippen LogP contribution in [0.25, 0.3) is 10.8 Å². The van der Waals surface area contributed by atoms with Crippen LogP contribution in [0.4, 0.5) is 0 Å². The average molecular weight is 394 g/mol. The predicted molar refractivity (Wildman–Crippen MR) is 101 cm³/mol. The van der Waals surface area contributed by atoms with Crippen LogP contribution in [0.5, 0.6) is 0 Å². The molecule has 4 heterocycles. The number of halogens is 1. The highest BCUT2D eigenvalue weighted by atomic mass is 35.5. The van der Waals surface area contributed by atoms with Gasteiger partial charge < -0.3 is 15.1 Å². The number of aromatic nitrogens is 3. The van der Waals surface area contributed by atoms with E-state index in [1.807, 2.05) is 29.8 Å². The van der Waals surface area contributed by atoms with Gasteiger partial charge in [0.2, 0.25) is 11.8 Å². The molecule has 1 aliphatic rings. The van der Waals surface area contributed by atoms with E-state index in [9.17, 15) is 4.79 Å². The van der Waals surface area contributed by atoms with Gasteiger partial charge in [0, 0.05) is 12.4 Å². The van der Waals surface area contributed by atoms with Gasteiger partial charge in [-0.15, -0.1) is 23.7 Å². The Kier molecular flexibility index (Phi) is 5.75. The Morgan fingerprint density at radius 1 is 1.38 bits per heavy atom. The first kappa shape index (κ1) is 18.6. The molecule has 0 saturated carbocycles.